The van der Waals surface area contributed by atoms with Crippen LogP contribution in [0.15, 0.2) is 40.6 Å². The lowest BCUT2D eigenvalue weighted by Crippen LogP contribution is -2.30. The van der Waals surface area contributed by atoms with Crippen LogP contribution in [-0.2, 0) is 27.8 Å². The van der Waals surface area contributed by atoms with Crippen LogP contribution >= 0.6 is 22.9 Å². The lowest BCUT2D eigenvalue weighted by atomic mass is 10.1. The van der Waals surface area contributed by atoms with Crippen molar-refractivity contribution in [2.45, 2.75) is 38.1 Å². The van der Waals surface area contributed by atoms with Gasteiger partial charge in [-0.05, 0) is 56.2 Å². The number of halogens is 1. The van der Waals surface area contributed by atoms with E-state index in [9.17, 15) is 13.2 Å². The van der Waals surface area contributed by atoms with Crippen LogP contribution in [0.2, 0.25) is 4.34 Å². The second-order valence-corrected chi connectivity index (χ2v) is 11.0. The molecule has 0 aliphatic heterocycles. The summed E-state index contributed by atoms with van der Waals surface area (Å²) in [7, 11) is -2.27. The molecule has 2 heterocycles. The van der Waals surface area contributed by atoms with Crippen LogP contribution in [-0.4, -0.2) is 37.4 Å². The Labute approximate surface area is 197 Å². The van der Waals surface area contributed by atoms with Gasteiger partial charge in [0.05, 0.1) is 30.2 Å². The topological polar surface area (TPSA) is 88.7 Å². The average Bonchev–Trinajstić information content (AvgIpc) is 3.31. The molecule has 3 aromatic rings. The van der Waals surface area contributed by atoms with Crippen LogP contribution < -0.4 is 4.74 Å². The molecule has 0 atom stereocenters. The predicted octanol–water partition coefficient (Wildman–Crippen LogP) is 4.92. The molecular weight excluding hydrogens is 472 g/mol. The number of hydrogen-bond donors (Lipinski definition) is 1. The first-order valence-corrected chi connectivity index (χ1v) is 12.5. The third-order valence-electron chi connectivity index (χ3n) is 5.02. The van der Waals surface area contributed by atoms with Gasteiger partial charge in [-0.3, -0.25) is 0 Å². The number of esters is 1. The Morgan fingerprint density at radius 2 is 1.81 bits per heavy atom. The van der Waals surface area contributed by atoms with Gasteiger partial charge < -0.3 is 14.5 Å². The molecule has 7 nitrogen and oxygen atoms in total. The van der Waals surface area contributed by atoms with Crippen LogP contribution in [0.5, 0.6) is 5.75 Å². The number of rotatable bonds is 9. The molecule has 0 aliphatic carbocycles. The molecule has 0 fully saturated rings. The number of thiophene rings is 1. The van der Waals surface area contributed by atoms with Crippen molar-refractivity contribution in [1.82, 2.24) is 9.29 Å². The number of hydrogen-bond acceptors (Lipinski definition) is 6. The summed E-state index contributed by atoms with van der Waals surface area (Å²) < 4.78 is 39.2. The number of sulfonamides is 1. The smallest absolute Gasteiger partial charge is 0.340 e. The lowest BCUT2D eigenvalue weighted by Gasteiger charge is -2.22. The molecule has 0 bridgehead atoms. The van der Waals surface area contributed by atoms with Crippen molar-refractivity contribution in [2.24, 2.45) is 0 Å². The minimum Gasteiger partial charge on any atom is -0.497 e. The first kappa shape index (κ1) is 24.3. The van der Waals surface area contributed by atoms with Crippen molar-refractivity contribution in [2.75, 3.05) is 13.7 Å². The van der Waals surface area contributed by atoms with Crippen LogP contribution in [0.1, 0.15) is 39.8 Å². The molecular formula is C22H25ClN2O5S2. The van der Waals surface area contributed by atoms with Gasteiger partial charge in [0.15, 0.2) is 0 Å². The maximum absolute atomic E-state index is 13.5. The number of H-pyrrole nitrogens is 1. The maximum atomic E-state index is 13.5. The number of aromatic amines is 1. The average molecular weight is 497 g/mol. The molecule has 1 aromatic carbocycles. The molecule has 3 rings (SSSR count). The third-order valence-corrected chi connectivity index (χ3v) is 8.51. The van der Waals surface area contributed by atoms with Crippen molar-refractivity contribution >= 4 is 38.9 Å². The summed E-state index contributed by atoms with van der Waals surface area (Å²) in [5, 5.41) is 0. The van der Waals surface area contributed by atoms with Crippen molar-refractivity contribution in [3.05, 3.63) is 68.8 Å². The van der Waals surface area contributed by atoms with E-state index in [4.69, 9.17) is 21.1 Å². The predicted molar refractivity (Wildman–Crippen MR) is 125 cm³/mol. The molecule has 172 valence electrons. The van der Waals surface area contributed by atoms with Crippen molar-refractivity contribution in [3.63, 3.8) is 0 Å². The fraction of sp³-hybridized carbons (Fsp3) is 0.318. The van der Waals surface area contributed by atoms with Crippen LogP contribution in [0.4, 0.5) is 0 Å². The summed E-state index contributed by atoms with van der Waals surface area (Å²) in [6.45, 7) is 5.74. The highest BCUT2D eigenvalue weighted by Gasteiger charge is 2.29. The van der Waals surface area contributed by atoms with E-state index in [0.29, 0.717) is 32.6 Å². The molecule has 0 unspecified atom stereocenters. The first-order chi connectivity index (χ1) is 15.2. The number of nitrogens with one attached hydrogen (secondary N) is 1. The van der Waals surface area contributed by atoms with E-state index in [-0.39, 0.29) is 23.9 Å². The zero-order valence-corrected chi connectivity index (χ0v) is 20.7. The van der Waals surface area contributed by atoms with Crippen molar-refractivity contribution in [3.8, 4) is 5.75 Å². The van der Waals surface area contributed by atoms with Crippen LogP contribution in [0.3, 0.4) is 0 Å². The second-order valence-electron chi connectivity index (χ2n) is 7.13. The summed E-state index contributed by atoms with van der Waals surface area (Å²) in [5.41, 5.74) is 3.16. The molecule has 0 spiro atoms. The van der Waals surface area contributed by atoms with E-state index < -0.39 is 16.0 Å². The molecule has 10 heteroatoms. The van der Waals surface area contributed by atoms with Gasteiger partial charge in [0.25, 0.3) is 10.0 Å². The highest BCUT2D eigenvalue weighted by atomic mass is 35.5. The van der Waals surface area contributed by atoms with E-state index in [1.807, 2.05) is 12.1 Å². The highest BCUT2D eigenvalue weighted by molar-refractivity contribution is 7.91. The Hall–Kier alpha value is -2.33. The van der Waals surface area contributed by atoms with E-state index >= 15 is 0 Å². The fourth-order valence-corrected chi connectivity index (χ4v) is 6.42. The number of carbonyl (C=O) groups excluding carboxylic acids is 1. The quantitative estimate of drug-likeness (QED) is 0.424. The van der Waals surface area contributed by atoms with E-state index in [1.54, 1.807) is 46.1 Å². The van der Waals surface area contributed by atoms with Gasteiger partial charge in [-0.15, -0.1) is 11.3 Å². The number of nitrogens with zero attached hydrogens (tertiary/aromatic N) is 1. The largest absolute Gasteiger partial charge is 0.497 e. The molecule has 2 aromatic heterocycles. The summed E-state index contributed by atoms with van der Waals surface area (Å²) in [6.07, 6.45) is 0. The minimum atomic E-state index is -3.84. The summed E-state index contributed by atoms with van der Waals surface area (Å²) >= 11 is 7.01. The molecule has 0 saturated heterocycles. The highest BCUT2D eigenvalue weighted by Crippen LogP contribution is 2.31. The van der Waals surface area contributed by atoms with Gasteiger partial charge in [-0.25, -0.2) is 13.2 Å². The SMILES string of the molecule is CCOC(=O)c1c(C)[nH]c(CN(Cc2ccc(OC)cc2)S(=O)(=O)c2ccc(Cl)s2)c1C. The molecule has 0 amide bonds. The first-order valence-electron chi connectivity index (χ1n) is 9.91. The Kier molecular flexibility index (Phi) is 7.66. The van der Waals surface area contributed by atoms with Gasteiger partial charge in [0.1, 0.15) is 9.96 Å². The molecule has 0 radical (unpaired) electrons. The summed E-state index contributed by atoms with van der Waals surface area (Å²) in [4.78, 5) is 15.5. The van der Waals surface area contributed by atoms with Gasteiger partial charge in [-0.1, -0.05) is 23.7 Å². The van der Waals surface area contributed by atoms with Crippen LogP contribution in [0, 0.1) is 13.8 Å². The fourth-order valence-electron chi connectivity index (χ4n) is 3.38. The monoisotopic (exact) mass is 496 g/mol. The lowest BCUT2D eigenvalue weighted by molar-refractivity contribution is 0.0525. The number of carbonyl (C=O) groups is 1. The second kappa shape index (κ2) is 10.1. The molecule has 1 N–H and O–H groups in total. The van der Waals surface area contributed by atoms with E-state index in [1.165, 1.54) is 10.4 Å². The minimum absolute atomic E-state index is 0.0515. The van der Waals surface area contributed by atoms with Gasteiger partial charge in [-0.2, -0.15) is 4.31 Å². The molecule has 32 heavy (non-hydrogen) atoms. The standard InChI is InChI=1S/C22H25ClN2O5S2/c1-5-30-22(26)21-14(2)18(24-15(21)3)13-25(12-16-6-8-17(29-4)9-7-16)32(27,28)20-11-10-19(23)31-20/h6-11,24H,5,12-13H2,1-4H3. The summed E-state index contributed by atoms with van der Waals surface area (Å²) in [5.74, 6) is 0.253. The maximum Gasteiger partial charge on any atom is 0.340 e. The number of methoxy groups -OCH3 is 1. The van der Waals surface area contributed by atoms with Gasteiger partial charge >= 0.3 is 5.97 Å². The normalized spacial score (nSPS) is 11.7. The van der Waals surface area contributed by atoms with Crippen molar-refractivity contribution < 1.29 is 22.7 Å². The number of benzene rings is 1. The molecule has 0 aliphatic rings. The number of aromatic nitrogens is 1. The number of aryl methyl sites for hydroxylation is 1. The molecule has 0 saturated carbocycles. The van der Waals surface area contributed by atoms with Crippen molar-refractivity contribution in [1.29, 1.82) is 0 Å². The zero-order valence-electron chi connectivity index (χ0n) is 18.3. The van der Waals surface area contributed by atoms with E-state index in [2.05, 4.69) is 4.98 Å². The Morgan fingerprint density at radius 1 is 1.12 bits per heavy atom. The summed E-state index contributed by atoms with van der Waals surface area (Å²) in [6, 6.07) is 10.3. The Bertz CT molecular complexity index is 1200. The van der Waals surface area contributed by atoms with Gasteiger partial charge in [0.2, 0.25) is 0 Å². The third kappa shape index (κ3) is 5.17. The zero-order chi connectivity index (χ0) is 23.5. The van der Waals surface area contributed by atoms with Gasteiger partial charge in [0, 0.05) is 17.9 Å². The van der Waals surface area contributed by atoms with E-state index in [0.717, 1.165) is 16.9 Å². The van der Waals surface area contributed by atoms with Crippen LogP contribution in [0.25, 0.3) is 0 Å². The Balaban J connectivity index is 1.99. The Morgan fingerprint density at radius 3 is 2.38 bits per heavy atom. The number of ether oxygens (including phenoxy) is 2.